The number of fused-ring (bicyclic) bond motifs is 1. The lowest BCUT2D eigenvalue weighted by molar-refractivity contribution is -0.384. The summed E-state index contributed by atoms with van der Waals surface area (Å²) in [4.78, 5) is 13.4. The van der Waals surface area contributed by atoms with Gasteiger partial charge in [-0.3, -0.25) is 15.2 Å². The molecule has 0 unspecified atom stereocenters. The van der Waals surface area contributed by atoms with Gasteiger partial charge >= 0.3 is 0 Å². The minimum absolute atomic E-state index is 0.113. The van der Waals surface area contributed by atoms with Gasteiger partial charge in [-0.2, -0.15) is 5.10 Å². The smallest absolute Gasteiger partial charge is 0.293 e. The summed E-state index contributed by atoms with van der Waals surface area (Å²) >= 11 is 0. The van der Waals surface area contributed by atoms with Crippen LogP contribution < -0.4 is 4.90 Å². The first-order valence-corrected chi connectivity index (χ1v) is 12.0. The first-order chi connectivity index (χ1) is 12.1. The van der Waals surface area contributed by atoms with Gasteiger partial charge in [0.15, 0.2) is 8.32 Å². The highest BCUT2D eigenvalue weighted by Crippen LogP contribution is 2.39. The minimum Gasteiger partial charge on any atom is -0.412 e. The van der Waals surface area contributed by atoms with E-state index in [2.05, 4.69) is 49.0 Å². The van der Waals surface area contributed by atoms with Gasteiger partial charge in [0.05, 0.1) is 22.7 Å². The van der Waals surface area contributed by atoms with E-state index in [4.69, 9.17) is 4.43 Å². The number of nitro groups is 1. The quantitative estimate of drug-likeness (QED) is 0.484. The Hall–Kier alpha value is -1.93. The topological polar surface area (TPSA) is 84.3 Å². The second-order valence-electron chi connectivity index (χ2n) is 8.64. The van der Waals surface area contributed by atoms with E-state index in [1.165, 1.54) is 0 Å². The van der Waals surface area contributed by atoms with Gasteiger partial charge < -0.3 is 9.33 Å². The zero-order chi connectivity index (χ0) is 19.1. The van der Waals surface area contributed by atoms with Crippen LogP contribution in [0, 0.1) is 10.1 Å². The Morgan fingerprint density at radius 2 is 2.12 bits per heavy atom. The van der Waals surface area contributed by atoms with Crippen molar-refractivity contribution in [2.45, 2.75) is 57.8 Å². The standard InChI is InChI=1S/C18H28N4O3Si/c1-18(2,3)26(4,5)25-14-7-6-8-21(12-14)16-10-15-13(11-19-20-15)9-17(16)22(23)24/h9-11,14H,6-8,12H2,1-5H3,(H,19,20)/t14-/m1/s1. The van der Waals surface area contributed by atoms with Gasteiger partial charge in [-0.05, 0) is 37.0 Å². The minimum atomic E-state index is -1.87. The lowest BCUT2D eigenvalue weighted by Crippen LogP contribution is -2.49. The van der Waals surface area contributed by atoms with Crippen molar-refractivity contribution in [2.75, 3.05) is 18.0 Å². The average molecular weight is 377 g/mol. The molecule has 142 valence electrons. The Kier molecular flexibility index (Phi) is 4.83. The van der Waals surface area contributed by atoms with Crippen molar-refractivity contribution in [1.82, 2.24) is 10.2 Å². The van der Waals surface area contributed by atoms with Crippen LogP contribution in [-0.4, -0.2) is 42.6 Å². The van der Waals surface area contributed by atoms with Crippen molar-refractivity contribution in [2.24, 2.45) is 0 Å². The molecule has 7 nitrogen and oxygen atoms in total. The van der Waals surface area contributed by atoms with E-state index in [0.29, 0.717) is 12.2 Å². The molecule has 0 aliphatic carbocycles. The molecule has 1 aromatic carbocycles. The van der Waals surface area contributed by atoms with Crippen molar-refractivity contribution in [3.05, 3.63) is 28.4 Å². The molecule has 3 rings (SSSR count). The maximum absolute atomic E-state index is 11.6. The number of hydrogen-bond acceptors (Lipinski definition) is 5. The Morgan fingerprint density at radius 3 is 2.77 bits per heavy atom. The predicted octanol–water partition coefficient (Wildman–Crippen LogP) is 4.46. The van der Waals surface area contributed by atoms with Gasteiger partial charge in [0, 0.05) is 24.5 Å². The lowest BCUT2D eigenvalue weighted by Gasteiger charge is -2.42. The normalized spacial score (nSPS) is 19.1. The monoisotopic (exact) mass is 376 g/mol. The third-order valence-corrected chi connectivity index (χ3v) is 10.3. The molecule has 0 saturated carbocycles. The van der Waals surface area contributed by atoms with Crippen LogP contribution in [0.25, 0.3) is 10.9 Å². The highest BCUT2D eigenvalue weighted by Gasteiger charge is 2.40. The number of anilines is 1. The highest BCUT2D eigenvalue weighted by molar-refractivity contribution is 6.74. The zero-order valence-electron chi connectivity index (χ0n) is 16.2. The Balaban J connectivity index is 1.87. The number of nitro benzene ring substituents is 1. The third-order valence-electron chi connectivity index (χ3n) is 5.72. The molecule has 0 spiro atoms. The SMILES string of the molecule is CC(C)(C)[Si](C)(C)O[C@@H]1CCCN(c2cc3[nH]ncc3cc2[N+](=O)[O-])C1. The fraction of sp³-hybridized carbons (Fsp3) is 0.611. The van der Waals surface area contributed by atoms with E-state index < -0.39 is 8.32 Å². The molecule has 2 aromatic rings. The number of aromatic nitrogens is 2. The van der Waals surface area contributed by atoms with Crippen molar-refractivity contribution >= 4 is 30.6 Å². The summed E-state index contributed by atoms with van der Waals surface area (Å²) in [6.07, 6.45) is 3.70. The van der Waals surface area contributed by atoms with Crippen LogP contribution in [0.5, 0.6) is 0 Å². The molecule has 2 heterocycles. The number of nitrogens with one attached hydrogen (secondary N) is 1. The molecule has 1 aromatic heterocycles. The first-order valence-electron chi connectivity index (χ1n) is 9.13. The molecule has 1 fully saturated rings. The fourth-order valence-corrected chi connectivity index (χ4v) is 4.59. The maximum Gasteiger partial charge on any atom is 0.293 e. The van der Waals surface area contributed by atoms with Crippen molar-refractivity contribution in [3.63, 3.8) is 0 Å². The molecule has 0 radical (unpaired) electrons. The van der Waals surface area contributed by atoms with Crippen LogP contribution in [0.15, 0.2) is 18.3 Å². The molecule has 26 heavy (non-hydrogen) atoms. The van der Waals surface area contributed by atoms with Crippen LogP contribution in [-0.2, 0) is 4.43 Å². The van der Waals surface area contributed by atoms with Gasteiger partial charge in [0.1, 0.15) is 5.69 Å². The summed E-state index contributed by atoms with van der Waals surface area (Å²) in [6.45, 7) is 12.7. The van der Waals surface area contributed by atoms with Crippen molar-refractivity contribution in [3.8, 4) is 0 Å². The van der Waals surface area contributed by atoms with Gasteiger partial charge in [-0.1, -0.05) is 20.8 Å². The van der Waals surface area contributed by atoms with E-state index in [-0.39, 0.29) is 21.8 Å². The molecule has 0 bridgehead atoms. The van der Waals surface area contributed by atoms with Crippen LogP contribution in [0.1, 0.15) is 33.6 Å². The second-order valence-corrected chi connectivity index (χ2v) is 13.4. The van der Waals surface area contributed by atoms with Gasteiger partial charge in [0.2, 0.25) is 0 Å². The summed E-state index contributed by atoms with van der Waals surface area (Å²) in [7, 11) is -1.87. The number of aromatic amines is 1. The van der Waals surface area contributed by atoms with Crippen molar-refractivity contribution in [1.29, 1.82) is 0 Å². The highest BCUT2D eigenvalue weighted by atomic mass is 28.4. The number of H-pyrrole nitrogens is 1. The molecule has 1 atom stereocenters. The molecule has 1 N–H and O–H groups in total. The number of piperidine rings is 1. The number of benzene rings is 1. The van der Waals surface area contributed by atoms with Crippen LogP contribution in [0.4, 0.5) is 11.4 Å². The number of nitrogens with zero attached hydrogens (tertiary/aromatic N) is 3. The molecular formula is C18H28N4O3Si. The van der Waals surface area contributed by atoms with E-state index in [1.807, 2.05) is 6.07 Å². The Labute approximate surface area is 155 Å². The maximum atomic E-state index is 11.6. The third kappa shape index (κ3) is 3.61. The second kappa shape index (κ2) is 6.66. The van der Waals surface area contributed by atoms with Gasteiger partial charge in [-0.25, -0.2) is 0 Å². The summed E-state index contributed by atoms with van der Waals surface area (Å²) in [5, 5.41) is 19.4. The van der Waals surface area contributed by atoms with Gasteiger partial charge in [-0.15, -0.1) is 0 Å². The molecule has 1 saturated heterocycles. The number of hydrogen-bond donors (Lipinski definition) is 1. The fourth-order valence-electron chi connectivity index (χ4n) is 3.21. The molecule has 0 amide bonds. The van der Waals surface area contributed by atoms with E-state index in [9.17, 15) is 10.1 Å². The van der Waals surface area contributed by atoms with E-state index >= 15 is 0 Å². The van der Waals surface area contributed by atoms with Crippen LogP contribution >= 0.6 is 0 Å². The molecule has 1 aliphatic heterocycles. The van der Waals surface area contributed by atoms with Crippen LogP contribution in [0.3, 0.4) is 0 Å². The molecular weight excluding hydrogens is 348 g/mol. The van der Waals surface area contributed by atoms with Crippen LogP contribution in [0.2, 0.25) is 18.1 Å². The Morgan fingerprint density at radius 1 is 1.38 bits per heavy atom. The summed E-state index contributed by atoms with van der Waals surface area (Å²) < 4.78 is 6.57. The molecule has 1 aliphatic rings. The van der Waals surface area contributed by atoms with E-state index in [1.54, 1.807) is 12.3 Å². The summed E-state index contributed by atoms with van der Waals surface area (Å²) in [5.74, 6) is 0. The first kappa shape index (κ1) is 18.8. The summed E-state index contributed by atoms with van der Waals surface area (Å²) in [6, 6.07) is 3.45. The largest absolute Gasteiger partial charge is 0.412 e. The van der Waals surface area contributed by atoms with Gasteiger partial charge in [0.25, 0.3) is 5.69 Å². The predicted molar refractivity (Wildman–Crippen MR) is 106 cm³/mol. The number of rotatable bonds is 4. The lowest BCUT2D eigenvalue weighted by atomic mass is 10.1. The van der Waals surface area contributed by atoms with Crippen molar-refractivity contribution < 1.29 is 9.35 Å². The summed E-state index contributed by atoms with van der Waals surface area (Å²) in [5.41, 5.74) is 1.60. The van der Waals surface area contributed by atoms with E-state index in [0.717, 1.165) is 30.3 Å². The zero-order valence-corrected chi connectivity index (χ0v) is 17.2. The average Bonchev–Trinajstić information content (AvgIpc) is 2.99. The Bertz CT molecular complexity index is 812. The molecule has 8 heteroatoms.